The van der Waals surface area contributed by atoms with Gasteiger partial charge in [-0.3, -0.25) is 5.84 Å². The average molecular weight is 365 g/mol. The van der Waals surface area contributed by atoms with Gasteiger partial charge in [0.1, 0.15) is 0 Å². The highest BCUT2D eigenvalue weighted by atomic mass is 127. The van der Waals surface area contributed by atoms with Gasteiger partial charge in [-0.2, -0.15) is 0 Å². The minimum absolute atomic E-state index is 0.00668. The zero-order chi connectivity index (χ0) is 11.5. The molecule has 0 saturated heterocycles. The fourth-order valence-corrected chi connectivity index (χ4v) is 3.23. The van der Waals surface area contributed by atoms with Gasteiger partial charge in [0.25, 0.3) is 0 Å². The molecular weight excluding hydrogens is 355 g/mol. The van der Waals surface area contributed by atoms with Crippen LogP contribution >= 0.6 is 45.5 Å². The maximum Gasteiger partial charge on any atom is 0.0931 e. The molecule has 2 nitrogen and oxygen atoms in total. The van der Waals surface area contributed by atoms with Crippen LogP contribution in [0.15, 0.2) is 36.4 Å². The molecule has 2 rings (SSSR count). The fourth-order valence-electron chi connectivity index (χ4n) is 1.51. The van der Waals surface area contributed by atoms with Crippen LogP contribution in [0.1, 0.15) is 16.5 Å². The second kappa shape index (κ2) is 5.46. The van der Waals surface area contributed by atoms with Crippen LogP contribution in [0.2, 0.25) is 4.34 Å². The molecule has 1 unspecified atom stereocenters. The van der Waals surface area contributed by atoms with Gasteiger partial charge in [-0.25, -0.2) is 5.43 Å². The molecule has 1 atom stereocenters. The fraction of sp³-hybridized carbons (Fsp3) is 0.0909. The van der Waals surface area contributed by atoms with Crippen LogP contribution in [0.5, 0.6) is 0 Å². The Balaban J connectivity index is 2.36. The lowest BCUT2D eigenvalue weighted by atomic mass is 10.1. The Kier molecular flexibility index (Phi) is 4.21. The van der Waals surface area contributed by atoms with Crippen molar-refractivity contribution in [3.63, 3.8) is 0 Å². The number of hydrogen-bond donors (Lipinski definition) is 2. The lowest BCUT2D eigenvalue weighted by molar-refractivity contribution is 0.646. The van der Waals surface area contributed by atoms with E-state index in [9.17, 15) is 0 Å². The van der Waals surface area contributed by atoms with Crippen LogP contribution < -0.4 is 11.3 Å². The van der Waals surface area contributed by atoms with Gasteiger partial charge in [0.2, 0.25) is 0 Å². The molecule has 2 aromatic rings. The summed E-state index contributed by atoms with van der Waals surface area (Å²) < 4.78 is 1.97. The quantitative estimate of drug-likeness (QED) is 0.496. The van der Waals surface area contributed by atoms with E-state index in [1.165, 1.54) is 3.57 Å². The molecule has 1 aromatic heterocycles. The third kappa shape index (κ3) is 2.75. The molecule has 16 heavy (non-hydrogen) atoms. The van der Waals surface area contributed by atoms with Gasteiger partial charge in [0, 0.05) is 8.45 Å². The number of hydrazine groups is 1. The molecule has 1 heterocycles. The lowest BCUT2D eigenvalue weighted by Crippen LogP contribution is -2.28. The summed E-state index contributed by atoms with van der Waals surface area (Å²) in [6, 6.07) is 12.1. The van der Waals surface area contributed by atoms with E-state index in [1.807, 2.05) is 18.2 Å². The molecule has 84 valence electrons. The lowest BCUT2D eigenvalue weighted by Gasteiger charge is -2.14. The molecule has 0 amide bonds. The van der Waals surface area contributed by atoms with Crippen LogP contribution in [0, 0.1) is 3.57 Å². The molecule has 0 spiro atoms. The number of hydrogen-bond acceptors (Lipinski definition) is 3. The largest absolute Gasteiger partial charge is 0.271 e. The van der Waals surface area contributed by atoms with Crippen LogP contribution in [0.25, 0.3) is 0 Å². The van der Waals surface area contributed by atoms with Gasteiger partial charge < -0.3 is 0 Å². The Morgan fingerprint density at radius 1 is 1.31 bits per heavy atom. The van der Waals surface area contributed by atoms with Crippen molar-refractivity contribution >= 4 is 45.5 Å². The second-order valence-electron chi connectivity index (χ2n) is 3.30. The molecule has 3 N–H and O–H groups in total. The van der Waals surface area contributed by atoms with Crippen molar-refractivity contribution in [1.29, 1.82) is 0 Å². The molecule has 0 aliphatic rings. The number of halogens is 2. The minimum atomic E-state index is 0.00668. The summed E-state index contributed by atoms with van der Waals surface area (Å²) in [7, 11) is 0. The third-order valence-electron chi connectivity index (χ3n) is 2.23. The summed E-state index contributed by atoms with van der Waals surface area (Å²) in [5.74, 6) is 5.61. The van der Waals surface area contributed by atoms with Crippen molar-refractivity contribution in [1.82, 2.24) is 5.43 Å². The first-order valence-electron chi connectivity index (χ1n) is 4.67. The van der Waals surface area contributed by atoms with E-state index < -0.39 is 0 Å². The normalized spacial score (nSPS) is 12.7. The molecule has 1 aromatic carbocycles. The van der Waals surface area contributed by atoms with Crippen molar-refractivity contribution in [2.24, 2.45) is 5.84 Å². The standard InChI is InChI=1S/C11H10ClIN2S/c12-10-5-4-9(16-10)11(15-14)7-2-1-3-8(13)6-7/h1-6,11,15H,14H2. The molecule has 5 heteroatoms. The van der Waals surface area contributed by atoms with E-state index >= 15 is 0 Å². The van der Waals surface area contributed by atoms with E-state index in [0.717, 1.165) is 14.8 Å². The average Bonchev–Trinajstić information content (AvgIpc) is 2.66. The first kappa shape index (κ1) is 12.3. The van der Waals surface area contributed by atoms with Crippen LogP contribution in [-0.2, 0) is 0 Å². The number of benzene rings is 1. The maximum atomic E-state index is 5.93. The van der Waals surface area contributed by atoms with Gasteiger partial charge in [-0.05, 0) is 52.4 Å². The van der Waals surface area contributed by atoms with Crippen molar-refractivity contribution < 1.29 is 0 Å². The third-order valence-corrected chi connectivity index (χ3v) is 4.19. The monoisotopic (exact) mass is 364 g/mol. The topological polar surface area (TPSA) is 38.0 Å². The second-order valence-corrected chi connectivity index (χ2v) is 6.29. The highest BCUT2D eigenvalue weighted by molar-refractivity contribution is 14.1. The number of nitrogens with one attached hydrogen (secondary N) is 1. The zero-order valence-electron chi connectivity index (χ0n) is 8.28. The Hall–Kier alpha value is -0.140. The first-order chi connectivity index (χ1) is 7.70. The maximum absolute atomic E-state index is 5.93. The molecule has 0 aliphatic carbocycles. The highest BCUT2D eigenvalue weighted by Gasteiger charge is 2.14. The molecule has 0 fully saturated rings. The number of thiophene rings is 1. The summed E-state index contributed by atoms with van der Waals surface area (Å²) in [5.41, 5.74) is 3.97. The molecule has 0 bridgehead atoms. The smallest absolute Gasteiger partial charge is 0.0931 e. The zero-order valence-corrected chi connectivity index (χ0v) is 12.0. The highest BCUT2D eigenvalue weighted by Crippen LogP contribution is 2.30. The van der Waals surface area contributed by atoms with E-state index in [4.69, 9.17) is 17.4 Å². The molecule has 0 saturated carbocycles. The Morgan fingerprint density at radius 3 is 2.69 bits per heavy atom. The van der Waals surface area contributed by atoms with Gasteiger partial charge in [0.05, 0.1) is 10.4 Å². The van der Waals surface area contributed by atoms with Gasteiger partial charge in [0.15, 0.2) is 0 Å². The van der Waals surface area contributed by atoms with Crippen LogP contribution in [0.4, 0.5) is 0 Å². The van der Waals surface area contributed by atoms with E-state index in [0.29, 0.717) is 0 Å². The van der Waals surface area contributed by atoms with Crippen molar-refractivity contribution in [2.75, 3.05) is 0 Å². The SMILES string of the molecule is NNC(c1cccc(I)c1)c1ccc(Cl)s1. The van der Waals surface area contributed by atoms with E-state index in [-0.39, 0.29) is 6.04 Å². The summed E-state index contributed by atoms with van der Waals surface area (Å²) in [6.45, 7) is 0. The Labute approximate surface area is 117 Å². The predicted molar refractivity (Wildman–Crippen MR) is 77.7 cm³/mol. The van der Waals surface area contributed by atoms with Crippen molar-refractivity contribution in [2.45, 2.75) is 6.04 Å². The van der Waals surface area contributed by atoms with Gasteiger partial charge in [-0.1, -0.05) is 23.7 Å². The minimum Gasteiger partial charge on any atom is -0.271 e. The summed E-state index contributed by atoms with van der Waals surface area (Å²) in [5, 5.41) is 0. The summed E-state index contributed by atoms with van der Waals surface area (Å²) in [4.78, 5) is 1.12. The van der Waals surface area contributed by atoms with Crippen molar-refractivity contribution in [3.8, 4) is 0 Å². The van der Waals surface area contributed by atoms with Crippen LogP contribution in [0.3, 0.4) is 0 Å². The summed E-state index contributed by atoms with van der Waals surface area (Å²) >= 11 is 9.76. The van der Waals surface area contributed by atoms with Crippen LogP contribution in [-0.4, -0.2) is 0 Å². The number of rotatable bonds is 3. The Morgan fingerprint density at radius 2 is 2.12 bits per heavy atom. The number of nitrogens with two attached hydrogens (primary N) is 1. The van der Waals surface area contributed by atoms with E-state index in [1.54, 1.807) is 11.3 Å². The molecule has 0 radical (unpaired) electrons. The Bertz CT molecular complexity index is 486. The summed E-state index contributed by atoms with van der Waals surface area (Å²) in [6.07, 6.45) is 0. The molecular formula is C11H10ClIN2S. The first-order valence-corrected chi connectivity index (χ1v) is 6.95. The van der Waals surface area contributed by atoms with Gasteiger partial charge >= 0.3 is 0 Å². The van der Waals surface area contributed by atoms with Crippen molar-refractivity contribution in [3.05, 3.63) is 54.7 Å². The van der Waals surface area contributed by atoms with Gasteiger partial charge in [-0.15, -0.1) is 11.3 Å². The van der Waals surface area contributed by atoms with E-state index in [2.05, 4.69) is 46.2 Å². The molecule has 0 aliphatic heterocycles. The predicted octanol–water partition coefficient (Wildman–Crippen LogP) is 3.56.